The fourth-order valence-corrected chi connectivity index (χ4v) is 4.01. The van der Waals surface area contributed by atoms with Crippen molar-refractivity contribution in [3.63, 3.8) is 0 Å². The number of hydrogen-bond donors (Lipinski definition) is 0. The first-order valence-corrected chi connectivity index (χ1v) is 10.1. The van der Waals surface area contributed by atoms with Crippen molar-refractivity contribution in [2.75, 3.05) is 51.1 Å². The summed E-state index contributed by atoms with van der Waals surface area (Å²) in [5, 5.41) is 0. The number of nitrogens with zero attached hydrogens (tertiary/aromatic N) is 2. The van der Waals surface area contributed by atoms with E-state index in [1.54, 1.807) is 26.0 Å². The summed E-state index contributed by atoms with van der Waals surface area (Å²) >= 11 is 1.70. The maximum atomic E-state index is 12.5. The number of para-hydroxylation sites is 2. The molecule has 0 N–H and O–H groups in total. The Morgan fingerprint density at radius 3 is 2.33 bits per heavy atom. The minimum atomic E-state index is 0.232. The van der Waals surface area contributed by atoms with Crippen LogP contribution in [0.15, 0.2) is 53.4 Å². The van der Waals surface area contributed by atoms with Gasteiger partial charge in [-0.15, -0.1) is 11.8 Å². The van der Waals surface area contributed by atoms with Gasteiger partial charge in [0.15, 0.2) is 0 Å². The van der Waals surface area contributed by atoms with Crippen LogP contribution in [0.3, 0.4) is 0 Å². The Hall–Kier alpha value is -2.34. The Bertz CT molecular complexity index is 743. The molecule has 0 radical (unpaired) electrons. The highest BCUT2D eigenvalue weighted by Crippen LogP contribution is 2.28. The molecule has 2 aromatic rings. The van der Waals surface area contributed by atoms with Crippen LogP contribution in [-0.2, 0) is 4.79 Å². The molecule has 1 amide bonds. The van der Waals surface area contributed by atoms with Crippen molar-refractivity contribution in [2.45, 2.75) is 11.3 Å². The Morgan fingerprint density at radius 2 is 1.67 bits per heavy atom. The summed E-state index contributed by atoms with van der Waals surface area (Å²) < 4.78 is 10.6. The third-order valence-corrected chi connectivity index (χ3v) is 5.72. The molecule has 0 spiro atoms. The fraction of sp³-hybridized carbons (Fsp3) is 0.381. The molecule has 144 valence electrons. The predicted octanol–water partition coefficient (Wildman–Crippen LogP) is 3.53. The second kappa shape index (κ2) is 9.55. The Balaban J connectivity index is 1.44. The van der Waals surface area contributed by atoms with Gasteiger partial charge in [-0.1, -0.05) is 12.1 Å². The van der Waals surface area contributed by atoms with Crippen molar-refractivity contribution in [3.8, 4) is 11.5 Å². The molecule has 1 heterocycles. The van der Waals surface area contributed by atoms with Crippen LogP contribution in [0, 0.1) is 0 Å². The second-order valence-corrected chi connectivity index (χ2v) is 7.48. The lowest BCUT2D eigenvalue weighted by Crippen LogP contribution is -2.49. The van der Waals surface area contributed by atoms with E-state index in [2.05, 4.69) is 11.0 Å². The Kier molecular flexibility index (Phi) is 6.87. The van der Waals surface area contributed by atoms with Gasteiger partial charge in [-0.05, 0) is 36.4 Å². The minimum absolute atomic E-state index is 0.232. The summed E-state index contributed by atoms with van der Waals surface area (Å²) in [7, 11) is 3.35. The molecule has 0 aromatic heterocycles. The number of ether oxygens (including phenoxy) is 2. The van der Waals surface area contributed by atoms with Crippen molar-refractivity contribution >= 4 is 23.4 Å². The minimum Gasteiger partial charge on any atom is -0.497 e. The lowest BCUT2D eigenvalue weighted by Gasteiger charge is -2.36. The van der Waals surface area contributed by atoms with Gasteiger partial charge in [-0.3, -0.25) is 4.79 Å². The molecule has 1 saturated heterocycles. The van der Waals surface area contributed by atoms with Crippen molar-refractivity contribution in [1.82, 2.24) is 4.90 Å². The van der Waals surface area contributed by atoms with E-state index >= 15 is 0 Å². The van der Waals surface area contributed by atoms with Crippen LogP contribution in [0.2, 0.25) is 0 Å². The first kappa shape index (κ1) is 19.4. The summed E-state index contributed by atoms with van der Waals surface area (Å²) in [5.41, 5.74) is 1.10. The summed E-state index contributed by atoms with van der Waals surface area (Å²) in [6, 6.07) is 16.0. The number of rotatable bonds is 7. The quantitative estimate of drug-likeness (QED) is 0.681. The van der Waals surface area contributed by atoms with Gasteiger partial charge in [-0.2, -0.15) is 0 Å². The smallest absolute Gasteiger partial charge is 0.223 e. The average molecular weight is 387 g/mol. The van der Waals surface area contributed by atoms with Gasteiger partial charge in [-0.25, -0.2) is 0 Å². The summed E-state index contributed by atoms with van der Waals surface area (Å²) in [4.78, 5) is 17.9. The zero-order valence-corrected chi connectivity index (χ0v) is 16.7. The van der Waals surface area contributed by atoms with Gasteiger partial charge >= 0.3 is 0 Å². The summed E-state index contributed by atoms with van der Waals surface area (Å²) in [5.74, 6) is 2.75. The molecule has 6 heteroatoms. The number of benzene rings is 2. The number of amides is 1. The van der Waals surface area contributed by atoms with Crippen molar-refractivity contribution < 1.29 is 14.3 Å². The Morgan fingerprint density at radius 1 is 0.963 bits per heavy atom. The van der Waals surface area contributed by atoms with Crippen LogP contribution in [0.1, 0.15) is 6.42 Å². The molecule has 5 nitrogen and oxygen atoms in total. The van der Waals surface area contributed by atoms with E-state index in [0.29, 0.717) is 6.42 Å². The number of carbonyl (C=O) groups excluding carboxylic acids is 1. The molecule has 2 aromatic carbocycles. The van der Waals surface area contributed by atoms with E-state index < -0.39 is 0 Å². The number of carbonyl (C=O) groups is 1. The van der Waals surface area contributed by atoms with Gasteiger partial charge in [0.05, 0.1) is 19.9 Å². The van der Waals surface area contributed by atoms with Crippen LogP contribution in [0.25, 0.3) is 0 Å². The first-order chi connectivity index (χ1) is 13.2. The number of piperazine rings is 1. The van der Waals surface area contributed by atoms with E-state index in [1.165, 1.54) is 0 Å². The lowest BCUT2D eigenvalue weighted by atomic mass is 10.2. The molecule has 27 heavy (non-hydrogen) atoms. The van der Waals surface area contributed by atoms with Gasteiger partial charge < -0.3 is 19.3 Å². The van der Waals surface area contributed by atoms with E-state index in [4.69, 9.17) is 9.47 Å². The molecule has 0 aliphatic carbocycles. The predicted molar refractivity (Wildman–Crippen MR) is 110 cm³/mol. The van der Waals surface area contributed by atoms with Gasteiger partial charge in [0, 0.05) is 43.2 Å². The SMILES string of the molecule is COc1ccc(SCCC(=O)N2CCN(c3ccccc3OC)CC2)cc1. The van der Waals surface area contributed by atoms with E-state index in [1.807, 2.05) is 47.4 Å². The molecule has 1 fully saturated rings. The first-order valence-electron chi connectivity index (χ1n) is 9.14. The monoisotopic (exact) mass is 386 g/mol. The normalized spacial score (nSPS) is 14.1. The number of thioether (sulfide) groups is 1. The van der Waals surface area contributed by atoms with Crippen LogP contribution in [-0.4, -0.2) is 57.0 Å². The largest absolute Gasteiger partial charge is 0.497 e. The van der Waals surface area contributed by atoms with Gasteiger partial charge in [0.2, 0.25) is 5.91 Å². The van der Waals surface area contributed by atoms with E-state index in [9.17, 15) is 4.79 Å². The molecule has 0 atom stereocenters. The average Bonchev–Trinajstić information content (AvgIpc) is 2.74. The van der Waals surface area contributed by atoms with Crippen LogP contribution in [0.4, 0.5) is 5.69 Å². The maximum Gasteiger partial charge on any atom is 0.223 e. The van der Waals surface area contributed by atoms with Crippen molar-refractivity contribution in [3.05, 3.63) is 48.5 Å². The zero-order valence-electron chi connectivity index (χ0n) is 15.9. The molecular formula is C21H26N2O3S. The fourth-order valence-electron chi connectivity index (χ4n) is 3.17. The van der Waals surface area contributed by atoms with E-state index in [0.717, 1.165) is 54.0 Å². The van der Waals surface area contributed by atoms with Crippen molar-refractivity contribution in [2.24, 2.45) is 0 Å². The third kappa shape index (κ3) is 5.10. The molecule has 3 rings (SSSR count). The molecular weight excluding hydrogens is 360 g/mol. The molecule has 1 aliphatic rings. The topological polar surface area (TPSA) is 42.0 Å². The van der Waals surface area contributed by atoms with Crippen molar-refractivity contribution in [1.29, 1.82) is 0 Å². The van der Waals surface area contributed by atoms with Crippen LogP contribution < -0.4 is 14.4 Å². The molecule has 1 aliphatic heterocycles. The highest BCUT2D eigenvalue weighted by atomic mass is 32.2. The Labute approximate surface area is 165 Å². The number of hydrogen-bond acceptors (Lipinski definition) is 5. The zero-order chi connectivity index (χ0) is 19.1. The highest BCUT2D eigenvalue weighted by molar-refractivity contribution is 7.99. The summed E-state index contributed by atoms with van der Waals surface area (Å²) in [6.45, 7) is 3.17. The highest BCUT2D eigenvalue weighted by Gasteiger charge is 2.22. The summed E-state index contributed by atoms with van der Waals surface area (Å²) in [6.07, 6.45) is 0.561. The standard InChI is InChI=1S/C21H26N2O3S/c1-25-17-7-9-18(10-8-17)27-16-11-21(24)23-14-12-22(13-15-23)19-5-3-4-6-20(19)26-2/h3-10H,11-16H2,1-2H3. The van der Waals surface area contributed by atoms with E-state index in [-0.39, 0.29) is 5.91 Å². The van der Waals surface area contributed by atoms with Gasteiger partial charge in [0.1, 0.15) is 11.5 Å². The molecule has 0 unspecified atom stereocenters. The van der Waals surface area contributed by atoms with Crippen LogP contribution >= 0.6 is 11.8 Å². The second-order valence-electron chi connectivity index (χ2n) is 6.31. The molecule has 0 bridgehead atoms. The third-order valence-electron chi connectivity index (χ3n) is 4.70. The van der Waals surface area contributed by atoms with Gasteiger partial charge in [0.25, 0.3) is 0 Å². The number of methoxy groups -OCH3 is 2. The maximum absolute atomic E-state index is 12.5. The molecule has 0 saturated carbocycles. The lowest BCUT2D eigenvalue weighted by molar-refractivity contribution is -0.131. The number of anilines is 1. The van der Waals surface area contributed by atoms with Crippen LogP contribution in [0.5, 0.6) is 11.5 Å².